The van der Waals surface area contributed by atoms with Crippen molar-refractivity contribution in [1.82, 2.24) is 25.0 Å². The quantitative estimate of drug-likeness (QED) is 0.623. The third kappa shape index (κ3) is 4.25. The van der Waals surface area contributed by atoms with Gasteiger partial charge in [0.2, 0.25) is 5.91 Å². The van der Waals surface area contributed by atoms with Crippen molar-refractivity contribution >= 4 is 22.5 Å². The second-order valence-corrected chi connectivity index (χ2v) is 7.47. The first-order chi connectivity index (χ1) is 14.5. The fourth-order valence-corrected chi connectivity index (χ4v) is 3.50. The molecule has 1 aliphatic heterocycles. The summed E-state index contributed by atoms with van der Waals surface area (Å²) in [6.45, 7) is 3.94. The lowest BCUT2D eigenvalue weighted by molar-refractivity contribution is -0.122. The number of rotatable bonds is 5. The van der Waals surface area contributed by atoms with E-state index >= 15 is 0 Å². The topological polar surface area (TPSA) is 103 Å². The van der Waals surface area contributed by atoms with Crippen molar-refractivity contribution in [3.05, 3.63) is 68.9 Å². The molecule has 0 unspecified atom stereocenters. The highest BCUT2D eigenvalue weighted by Gasteiger charge is 2.15. The fraction of sp³-hybridized carbons (Fsp3) is 0.333. The molecule has 1 fully saturated rings. The van der Waals surface area contributed by atoms with Crippen molar-refractivity contribution in [2.45, 2.75) is 13.1 Å². The number of benzene rings is 1. The number of hydrogen-bond donors (Lipinski definition) is 2. The highest BCUT2D eigenvalue weighted by molar-refractivity contribution is 5.81. The fourth-order valence-electron chi connectivity index (χ4n) is 3.50. The number of hydrogen-bond acceptors (Lipinski definition) is 6. The van der Waals surface area contributed by atoms with E-state index in [4.69, 9.17) is 0 Å². The summed E-state index contributed by atoms with van der Waals surface area (Å²) in [5, 5.41) is 5.83. The van der Waals surface area contributed by atoms with Crippen molar-refractivity contribution in [2.24, 2.45) is 0 Å². The van der Waals surface area contributed by atoms with Gasteiger partial charge in [-0.3, -0.25) is 19.5 Å². The molecule has 0 saturated carbocycles. The molecule has 1 amide bonds. The molecule has 4 rings (SSSR count). The maximum absolute atomic E-state index is 12.5. The first-order valence-corrected chi connectivity index (χ1v) is 9.88. The first-order valence-electron chi connectivity index (χ1n) is 9.88. The van der Waals surface area contributed by atoms with E-state index in [1.807, 2.05) is 12.1 Å². The van der Waals surface area contributed by atoms with Crippen molar-refractivity contribution in [3.63, 3.8) is 0 Å². The summed E-state index contributed by atoms with van der Waals surface area (Å²) >= 11 is 0. The van der Waals surface area contributed by atoms with E-state index in [0.29, 0.717) is 11.9 Å². The number of amides is 1. The molecule has 0 bridgehead atoms. The molecule has 0 aliphatic carbocycles. The molecular weight excluding hydrogens is 384 g/mol. The predicted octanol–water partition coefficient (Wildman–Crippen LogP) is 0.153. The summed E-state index contributed by atoms with van der Waals surface area (Å²) in [6.07, 6.45) is 1.75. The van der Waals surface area contributed by atoms with Gasteiger partial charge in [0, 0.05) is 38.9 Å². The standard InChI is InChI=1S/C21H24N6O3/c1-25-8-10-26(11-9-25)18-7-6-15(12-22-18)13-23-19(28)14-27-21(30)17-5-3-2-4-16(17)20(29)24-27/h2-7,12H,8-11,13-14H2,1H3,(H,23,28)(H,24,29). The van der Waals surface area contributed by atoms with Crippen LogP contribution in [0.2, 0.25) is 0 Å². The van der Waals surface area contributed by atoms with E-state index in [2.05, 4.69) is 32.2 Å². The summed E-state index contributed by atoms with van der Waals surface area (Å²) in [5.74, 6) is 0.560. The minimum Gasteiger partial charge on any atom is -0.354 e. The smallest absolute Gasteiger partial charge is 0.273 e. The molecule has 0 atom stereocenters. The summed E-state index contributed by atoms with van der Waals surface area (Å²) in [7, 11) is 2.11. The van der Waals surface area contributed by atoms with Crippen LogP contribution >= 0.6 is 0 Å². The number of carbonyl (C=O) groups is 1. The molecule has 0 spiro atoms. The van der Waals surface area contributed by atoms with Crippen LogP contribution in [0.1, 0.15) is 5.56 Å². The molecule has 156 valence electrons. The minimum absolute atomic E-state index is 0.258. The maximum Gasteiger partial charge on any atom is 0.273 e. The lowest BCUT2D eigenvalue weighted by atomic mass is 10.2. The van der Waals surface area contributed by atoms with Crippen molar-refractivity contribution in [3.8, 4) is 0 Å². The largest absolute Gasteiger partial charge is 0.354 e. The molecule has 2 N–H and O–H groups in total. The Labute approximate surface area is 172 Å². The van der Waals surface area contributed by atoms with Crippen LogP contribution in [-0.4, -0.2) is 58.8 Å². The van der Waals surface area contributed by atoms with Crippen LogP contribution in [0.15, 0.2) is 52.2 Å². The second kappa shape index (κ2) is 8.50. The zero-order valence-corrected chi connectivity index (χ0v) is 16.8. The predicted molar refractivity (Wildman–Crippen MR) is 115 cm³/mol. The Balaban J connectivity index is 1.37. The van der Waals surface area contributed by atoms with Crippen molar-refractivity contribution in [2.75, 3.05) is 38.1 Å². The van der Waals surface area contributed by atoms with Crippen LogP contribution in [0, 0.1) is 0 Å². The van der Waals surface area contributed by atoms with Crippen LogP contribution in [0.4, 0.5) is 5.82 Å². The van der Waals surface area contributed by atoms with Gasteiger partial charge in [0.05, 0.1) is 10.8 Å². The lowest BCUT2D eigenvalue weighted by Crippen LogP contribution is -2.44. The van der Waals surface area contributed by atoms with Crippen LogP contribution in [0.3, 0.4) is 0 Å². The SMILES string of the molecule is CN1CCN(c2ccc(CNC(=O)Cn3[nH]c(=O)c4ccccc4c3=O)cn2)CC1. The number of nitrogens with one attached hydrogen (secondary N) is 2. The van der Waals surface area contributed by atoms with Crippen molar-refractivity contribution < 1.29 is 4.79 Å². The monoisotopic (exact) mass is 408 g/mol. The first kappa shape index (κ1) is 19.8. The Morgan fingerprint density at radius 2 is 1.80 bits per heavy atom. The van der Waals surface area contributed by atoms with Gasteiger partial charge in [-0.2, -0.15) is 0 Å². The number of aromatic amines is 1. The zero-order chi connectivity index (χ0) is 21.1. The molecule has 3 aromatic rings. The van der Waals surface area contributed by atoms with Gasteiger partial charge >= 0.3 is 0 Å². The Hall–Kier alpha value is -3.46. The Bertz CT molecular complexity index is 1160. The van der Waals surface area contributed by atoms with Crippen molar-refractivity contribution in [1.29, 1.82) is 0 Å². The highest BCUT2D eigenvalue weighted by atomic mass is 16.2. The Kier molecular flexibility index (Phi) is 5.62. The van der Waals surface area contributed by atoms with E-state index in [9.17, 15) is 14.4 Å². The van der Waals surface area contributed by atoms with Gasteiger partial charge in [-0.05, 0) is 30.8 Å². The Morgan fingerprint density at radius 3 is 2.50 bits per heavy atom. The highest BCUT2D eigenvalue weighted by Crippen LogP contribution is 2.13. The molecule has 9 heteroatoms. The van der Waals surface area contributed by atoms with Gasteiger partial charge < -0.3 is 15.1 Å². The van der Waals surface area contributed by atoms with Crippen LogP contribution < -0.4 is 21.3 Å². The van der Waals surface area contributed by atoms with Crippen LogP contribution in [0.5, 0.6) is 0 Å². The average Bonchev–Trinajstić information content (AvgIpc) is 2.77. The normalized spacial score (nSPS) is 14.8. The number of pyridine rings is 1. The van der Waals surface area contributed by atoms with E-state index < -0.39 is 11.1 Å². The van der Waals surface area contributed by atoms with Gasteiger partial charge in [0.15, 0.2) is 0 Å². The zero-order valence-electron chi connectivity index (χ0n) is 16.8. The molecule has 1 aromatic carbocycles. The van der Waals surface area contributed by atoms with Gasteiger partial charge in [-0.15, -0.1) is 0 Å². The second-order valence-electron chi connectivity index (χ2n) is 7.47. The molecule has 1 aliphatic rings. The molecule has 1 saturated heterocycles. The average molecular weight is 408 g/mol. The summed E-state index contributed by atoms with van der Waals surface area (Å²) in [6, 6.07) is 10.4. The molecule has 0 radical (unpaired) electrons. The number of piperazine rings is 1. The van der Waals surface area contributed by atoms with Gasteiger partial charge in [-0.1, -0.05) is 18.2 Å². The van der Waals surface area contributed by atoms with Gasteiger partial charge in [0.25, 0.3) is 11.1 Å². The van der Waals surface area contributed by atoms with E-state index in [1.165, 1.54) is 0 Å². The molecule has 3 heterocycles. The number of H-pyrrole nitrogens is 1. The van der Waals surface area contributed by atoms with E-state index in [0.717, 1.165) is 42.2 Å². The number of aromatic nitrogens is 3. The minimum atomic E-state index is -0.404. The summed E-state index contributed by atoms with van der Waals surface area (Å²) < 4.78 is 1.04. The molecule has 30 heavy (non-hydrogen) atoms. The van der Waals surface area contributed by atoms with Gasteiger partial charge in [-0.25, -0.2) is 9.67 Å². The van der Waals surface area contributed by atoms with E-state index in [1.54, 1.807) is 30.5 Å². The van der Waals surface area contributed by atoms with Gasteiger partial charge in [0.1, 0.15) is 12.4 Å². The third-order valence-corrected chi connectivity index (χ3v) is 5.31. The number of anilines is 1. The molecule has 9 nitrogen and oxygen atoms in total. The van der Waals surface area contributed by atoms with Crippen LogP contribution in [0.25, 0.3) is 10.8 Å². The number of nitrogens with zero attached hydrogens (tertiary/aromatic N) is 4. The molecule has 2 aromatic heterocycles. The van der Waals surface area contributed by atoms with E-state index in [-0.39, 0.29) is 17.8 Å². The lowest BCUT2D eigenvalue weighted by Gasteiger charge is -2.33. The van der Waals surface area contributed by atoms with Crippen LogP contribution in [-0.2, 0) is 17.9 Å². The molecular formula is C21H24N6O3. The Morgan fingerprint density at radius 1 is 1.07 bits per heavy atom. The number of carbonyl (C=O) groups excluding carboxylic acids is 1. The summed E-state index contributed by atoms with van der Waals surface area (Å²) in [5.41, 5.74) is 0.0563. The maximum atomic E-state index is 12.5. The number of fused-ring (bicyclic) bond motifs is 1. The summed E-state index contributed by atoms with van der Waals surface area (Å²) in [4.78, 5) is 46.0. The number of likely N-dealkylation sites (N-methyl/N-ethyl adjacent to an activating group) is 1. The third-order valence-electron chi connectivity index (χ3n) is 5.31.